The Morgan fingerprint density at radius 3 is 2.09 bits per heavy atom. The Morgan fingerprint density at radius 1 is 1.00 bits per heavy atom. The molecule has 23 heavy (non-hydrogen) atoms. The van der Waals surface area contributed by atoms with Gasteiger partial charge in [-0.3, -0.25) is 0 Å². The molecule has 0 saturated carbocycles. The molecular weight excluding hydrogens is 329 g/mol. The van der Waals surface area contributed by atoms with Gasteiger partial charge in [0, 0.05) is 17.1 Å². The molecule has 2 nitrogen and oxygen atoms in total. The van der Waals surface area contributed by atoms with Crippen LogP contribution in [0.15, 0.2) is 12.1 Å². The minimum absolute atomic E-state index is 0.568. The van der Waals surface area contributed by atoms with Crippen LogP contribution in [0.2, 0.25) is 10.0 Å². The highest BCUT2D eigenvalue weighted by Crippen LogP contribution is 2.31. The number of aliphatic hydroxyl groups excluding tert-OH is 1. The maximum absolute atomic E-state index is 10.6. The van der Waals surface area contributed by atoms with Crippen LogP contribution >= 0.6 is 23.2 Å². The highest BCUT2D eigenvalue weighted by Gasteiger charge is 2.18. The lowest BCUT2D eigenvalue weighted by Gasteiger charge is -2.26. The first-order valence-corrected chi connectivity index (χ1v) is 9.61. The van der Waals surface area contributed by atoms with Gasteiger partial charge in [0.05, 0.1) is 11.1 Å². The van der Waals surface area contributed by atoms with E-state index < -0.39 is 6.10 Å². The van der Waals surface area contributed by atoms with E-state index in [1.54, 1.807) is 0 Å². The van der Waals surface area contributed by atoms with Crippen molar-refractivity contribution in [2.24, 2.45) is 0 Å². The second-order valence-electron chi connectivity index (χ2n) is 6.31. The molecule has 1 aromatic rings. The lowest BCUT2D eigenvalue weighted by atomic mass is 10.1. The summed E-state index contributed by atoms with van der Waals surface area (Å²) in [5.74, 6) is 0. The number of benzene rings is 1. The van der Waals surface area contributed by atoms with Crippen LogP contribution in [0.1, 0.15) is 69.6 Å². The van der Waals surface area contributed by atoms with Crippen LogP contribution in [0.3, 0.4) is 0 Å². The van der Waals surface area contributed by atoms with Crippen molar-refractivity contribution in [1.29, 1.82) is 0 Å². The van der Waals surface area contributed by atoms with E-state index in [1.165, 1.54) is 38.5 Å². The van der Waals surface area contributed by atoms with Crippen LogP contribution < -0.4 is 0 Å². The third-order valence-electron chi connectivity index (χ3n) is 4.30. The quantitative estimate of drug-likeness (QED) is 0.488. The SMILES string of the molecule is CCCCCN(CCCCC)C[C@@H](O)c1ccc(Cl)c(C)c1Cl. The molecule has 1 aromatic carbocycles. The third-order valence-corrected chi connectivity index (χ3v) is 5.21. The van der Waals surface area contributed by atoms with Crippen molar-refractivity contribution in [3.63, 3.8) is 0 Å². The Bertz CT molecular complexity index is 455. The summed E-state index contributed by atoms with van der Waals surface area (Å²) in [5, 5.41) is 11.9. The Balaban J connectivity index is 2.70. The summed E-state index contributed by atoms with van der Waals surface area (Å²) in [6.45, 7) is 9.03. The van der Waals surface area contributed by atoms with Gasteiger partial charge in [0.1, 0.15) is 0 Å². The molecule has 1 N–H and O–H groups in total. The topological polar surface area (TPSA) is 23.5 Å². The molecule has 4 heteroatoms. The number of halogens is 2. The van der Waals surface area contributed by atoms with Crippen molar-refractivity contribution in [2.75, 3.05) is 19.6 Å². The number of hydrogen-bond acceptors (Lipinski definition) is 2. The Morgan fingerprint density at radius 2 is 1.57 bits per heavy atom. The normalized spacial score (nSPS) is 12.8. The fourth-order valence-electron chi connectivity index (χ4n) is 2.75. The van der Waals surface area contributed by atoms with E-state index in [1.807, 2.05) is 19.1 Å². The van der Waals surface area contributed by atoms with E-state index in [0.717, 1.165) is 24.2 Å². The molecule has 1 rings (SSSR count). The first-order chi connectivity index (χ1) is 11.0. The molecule has 0 aromatic heterocycles. The first-order valence-electron chi connectivity index (χ1n) is 8.86. The van der Waals surface area contributed by atoms with Gasteiger partial charge in [0.2, 0.25) is 0 Å². The Labute approximate surface area is 151 Å². The smallest absolute Gasteiger partial charge is 0.0931 e. The summed E-state index contributed by atoms with van der Waals surface area (Å²) in [6.07, 6.45) is 6.70. The minimum Gasteiger partial charge on any atom is -0.387 e. The highest BCUT2D eigenvalue weighted by atomic mass is 35.5. The predicted octanol–water partition coefficient (Wildman–Crippen LogP) is 6.02. The van der Waals surface area contributed by atoms with E-state index in [-0.39, 0.29) is 0 Å². The number of nitrogens with zero attached hydrogens (tertiary/aromatic N) is 1. The fourth-order valence-corrected chi connectivity index (χ4v) is 3.24. The van der Waals surface area contributed by atoms with E-state index >= 15 is 0 Å². The number of unbranched alkanes of at least 4 members (excludes halogenated alkanes) is 4. The van der Waals surface area contributed by atoms with E-state index in [9.17, 15) is 5.11 Å². The zero-order valence-corrected chi connectivity index (χ0v) is 16.3. The monoisotopic (exact) mass is 359 g/mol. The highest BCUT2D eigenvalue weighted by molar-refractivity contribution is 6.36. The average molecular weight is 360 g/mol. The molecule has 0 heterocycles. The summed E-state index contributed by atoms with van der Waals surface area (Å²) >= 11 is 12.5. The van der Waals surface area contributed by atoms with Crippen molar-refractivity contribution in [1.82, 2.24) is 4.90 Å². The fraction of sp³-hybridized carbons (Fsp3) is 0.684. The van der Waals surface area contributed by atoms with E-state index in [2.05, 4.69) is 18.7 Å². The lowest BCUT2D eigenvalue weighted by molar-refractivity contribution is 0.110. The van der Waals surface area contributed by atoms with Gasteiger partial charge in [-0.05, 0) is 44.5 Å². The van der Waals surface area contributed by atoms with Crippen LogP contribution in [-0.2, 0) is 0 Å². The zero-order chi connectivity index (χ0) is 17.2. The summed E-state index contributed by atoms with van der Waals surface area (Å²) < 4.78 is 0. The van der Waals surface area contributed by atoms with Gasteiger partial charge in [0.15, 0.2) is 0 Å². The molecule has 0 saturated heterocycles. The van der Waals surface area contributed by atoms with Crippen LogP contribution in [-0.4, -0.2) is 29.6 Å². The molecule has 0 amide bonds. The van der Waals surface area contributed by atoms with E-state index in [0.29, 0.717) is 16.6 Å². The van der Waals surface area contributed by atoms with Gasteiger partial charge >= 0.3 is 0 Å². The molecule has 0 unspecified atom stereocenters. The van der Waals surface area contributed by atoms with Gasteiger partial charge in [-0.25, -0.2) is 0 Å². The molecule has 0 aliphatic heterocycles. The number of hydrogen-bond donors (Lipinski definition) is 1. The first kappa shape index (κ1) is 20.8. The third kappa shape index (κ3) is 7.01. The average Bonchev–Trinajstić information content (AvgIpc) is 2.53. The molecule has 1 atom stereocenters. The van der Waals surface area contributed by atoms with Crippen LogP contribution in [0.4, 0.5) is 0 Å². The van der Waals surface area contributed by atoms with Crippen molar-refractivity contribution in [3.8, 4) is 0 Å². The van der Waals surface area contributed by atoms with Crippen LogP contribution in [0.25, 0.3) is 0 Å². The largest absolute Gasteiger partial charge is 0.387 e. The maximum Gasteiger partial charge on any atom is 0.0931 e. The number of aliphatic hydroxyl groups is 1. The van der Waals surface area contributed by atoms with Gasteiger partial charge in [-0.1, -0.05) is 68.8 Å². The van der Waals surface area contributed by atoms with Gasteiger partial charge in [0.25, 0.3) is 0 Å². The maximum atomic E-state index is 10.6. The van der Waals surface area contributed by atoms with Crippen LogP contribution in [0, 0.1) is 6.92 Å². The summed E-state index contributed by atoms with van der Waals surface area (Å²) in [4.78, 5) is 2.37. The number of rotatable bonds is 11. The van der Waals surface area contributed by atoms with Gasteiger partial charge in [-0.2, -0.15) is 0 Å². The van der Waals surface area contributed by atoms with Crippen molar-refractivity contribution in [2.45, 2.75) is 65.4 Å². The second-order valence-corrected chi connectivity index (χ2v) is 7.09. The van der Waals surface area contributed by atoms with Crippen molar-refractivity contribution < 1.29 is 5.11 Å². The zero-order valence-electron chi connectivity index (χ0n) is 14.7. The van der Waals surface area contributed by atoms with Gasteiger partial charge < -0.3 is 10.0 Å². The Kier molecular flexibility index (Phi) is 10.2. The van der Waals surface area contributed by atoms with Crippen LogP contribution in [0.5, 0.6) is 0 Å². The minimum atomic E-state index is -0.568. The molecule has 132 valence electrons. The molecule has 0 aliphatic rings. The molecule has 0 bridgehead atoms. The predicted molar refractivity (Wildman–Crippen MR) is 102 cm³/mol. The van der Waals surface area contributed by atoms with Crippen molar-refractivity contribution >= 4 is 23.2 Å². The summed E-state index contributed by atoms with van der Waals surface area (Å²) in [6, 6.07) is 3.67. The second kappa shape index (κ2) is 11.3. The summed E-state index contributed by atoms with van der Waals surface area (Å²) in [7, 11) is 0. The van der Waals surface area contributed by atoms with Gasteiger partial charge in [-0.15, -0.1) is 0 Å². The molecule has 0 spiro atoms. The van der Waals surface area contributed by atoms with Crippen molar-refractivity contribution in [3.05, 3.63) is 33.3 Å². The molecular formula is C19H31Cl2NO. The standard InChI is InChI=1S/C19H31Cl2NO/c1-4-6-8-12-22(13-9-7-5-2)14-18(23)16-10-11-17(20)15(3)19(16)21/h10-11,18,23H,4-9,12-14H2,1-3H3/t18-/m1/s1. The Hall–Kier alpha value is -0.280. The molecule has 0 fully saturated rings. The lowest BCUT2D eigenvalue weighted by Crippen LogP contribution is -2.31. The molecule has 0 radical (unpaired) electrons. The molecule has 0 aliphatic carbocycles. The summed E-state index contributed by atoms with van der Waals surface area (Å²) in [5.41, 5.74) is 1.62. The van der Waals surface area contributed by atoms with E-state index in [4.69, 9.17) is 23.2 Å².